The minimum atomic E-state index is -0.612. The standard InChI is InChI=1S/C15H20ClNO3/c1-10(2)14(15(19)20-3)17-13(18)9-8-11-6-4-5-7-12(11)16/h4-7,10,14H,8-9H2,1-3H3,(H,17,18). The highest BCUT2D eigenvalue weighted by Crippen LogP contribution is 2.16. The zero-order valence-corrected chi connectivity index (χ0v) is 12.7. The van der Waals surface area contributed by atoms with Crippen molar-refractivity contribution < 1.29 is 14.3 Å². The summed E-state index contributed by atoms with van der Waals surface area (Å²) in [5.74, 6) is -0.633. The van der Waals surface area contributed by atoms with E-state index in [9.17, 15) is 9.59 Å². The second kappa shape index (κ2) is 7.90. The van der Waals surface area contributed by atoms with Crippen LogP contribution >= 0.6 is 11.6 Å². The molecule has 0 radical (unpaired) electrons. The monoisotopic (exact) mass is 297 g/mol. The molecular formula is C15H20ClNO3. The van der Waals surface area contributed by atoms with Gasteiger partial charge in [-0.15, -0.1) is 0 Å². The second-order valence-corrected chi connectivity index (χ2v) is 5.31. The van der Waals surface area contributed by atoms with Crippen LogP contribution in [0.2, 0.25) is 5.02 Å². The van der Waals surface area contributed by atoms with Gasteiger partial charge in [0.05, 0.1) is 7.11 Å². The van der Waals surface area contributed by atoms with Crippen molar-refractivity contribution in [2.24, 2.45) is 5.92 Å². The molecule has 1 rings (SSSR count). The average Bonchev–Trinajstić information content (AvgIpc) is 2.42. The zero-order chi connectivity index (χ0) is 15.1. The van der Waals surface area contributed by atoms with Gasteiger partial charge < -0.3 is 10.1 Å². The Hall–Kier alpha value is -1.55. The Bertz CT molecular complexity index is 474. The molecule has 0 saturated carbocycles. The molecule has 110 valence electrons. The summed E-state index contributed by atoms with van der Waals surface area (Å²) in [6.45, 7) is 3.71. The topological polar surface area (TPSA) is 55.4 Å². The lowest BCUT2D eigenvalue weighted by molar-refractivity contribution is -0.146. The summed E-state index contributed by atoms with van der Waals surface area (Å²) < 4.78 is 4.68. The molecule has 20 heavy (non-hydrogen) atoms. The van der Waals surface area contributed by atoms with Crippen LogP contribution in [-0.2, 0) is 20.7 Å². The Morgan fingerprint density at radius 2 is 1.95 bits per heavy atom. The molecule has 5 heteroatoms. The molecule has 0 bridgehead atoms. The van der Waals surface area contributed by atoms with Crippen molar-refractivity contribution >= 4 is 23.5 Å². The number of nitrogens with one attached hydrogen (secondary N) is 1. The van der Waals surface area contributed by atoms with Gasteiger partial charge in [0.25, 0.3) is 0 Å². The van der Waals surface area contributed by atoms with E-state index in [1.165, 1.54) is 7.11 Å². The molecule has 0 spiro atoms. The van der Waals surface area contributed by atoms with Crippen molar-refractivity contribution in [3.8, 4) is 0 Å². The predicted octanol–water partition coefficient (Wildman–Crippen LogP) is 2.59. The number of benzene rings is 1. The van der Waals surface area contributed by atoms with Crippen LogP contribution in [0.3, 0.4) is 0 Å². The van der Waals surface area contributed by atoms with E-state index in [0.29, 0.717) is 11.4 Å². The Balaban J connectivity index is 2.55. The number of halogens is 1. The van der Waals surface area contributed by atoms with Crippen molar-refractivity contribution in [1.29, 1.82) is 0 Å². The van der Waals surface area contributed by atoms with Gasteiger partial charge in [-0.2, -0.15) is 0 Å². The van der Waals surface area contributed by atoms with Crippen LogP contribution in [0, 0.1) is 5.92 Å². The molecule has 1 aromatic rings. The summed E-state index contributed by atoms with van der Waals surface area (Å²) >= 11 is 6.03. The Morgan fingerprint density at radius 3 is 2.50 bits per heavy atom. The number of hydrogen-bond donors (Lipinski definition) is 1. The fraction of sp³-hybridized carbons (Fsp3) is 0.467. The summed E-state index contributed by atoms with van der Waals surface area (Å²) in [5, 5.41) is 3.35. The van der Waals surface area contributed by atoms with E-state index < -0.39 is 12.0 Å². The zero-order valence-electron chi connectivity index (χ0n) is 12.0. The highest BCUT2D eigenvalue weighted by Gasteiger charge is 2.24. The van der Waals surface area contributed by atoms with Crippen LogP contribution in [-0.4, -0.2) is 25.0 Å². The van der Waals surface area contributed by atoms with E-state index >= 15 is 0 Å². The lowest BCUT2D eigenvalue weighted by Crippen LogP contribution is -2.45. The fourth-order valence-corrected chi connectivity index (χ4v) is 2.05. The second-order valence-electron chi connectivity index (χ2n) is 4.90. The number of amides is 1. The summed E-state index contributed by atoms with van der Waals surface area (Å²) in [6.07, 6.45) is 0.821. The Labute approximate surface area is 124 Å². The van der Waals surface area contributed by atoms with Gasteiger partial charge in [-0.25, -0.2) is 4.79 Å². The number of ether oxygens (including phenoxy) is 1. The SMILES string of the molecule is COC(=O)C(NC(=O)CCc1ccccc1Cl)C(C)C. The molecule has 1 unspecified atom stereocenters. The molecule has 1 amide bonds. The Morgan fingerprint density at radius 1 is 1.30 bits per heavy atom. The Kier molecular flexibility index (Phi) is 6.52. The highest BCUT2D eigenvalue weighted by molar-refractivity contribution is 6.31. The van der Waals surface area contributed by atoms with Crippen molar-refractivity contribution in [2.45, 2.75) is 32.7 Å². The lowest BCUT2D eigenvalue weighted by Gasteiger charge is -2.19. The number of carbonyl (C=O) groups is 2. The molecule has 4 nitrogen and oxygen atoms in total. The van der Waals surface area contributed by atoms with Gasteiger partial charge in [0.15, 0.2) is 0 Å². The van der Waals surface area contributed by atoms with E-state index in [1.807, 2.05) is 32.0 Å². The van der Waals surface area contributed by atoms with E-state index in [0.717, 1.165) is 5.56 Å². The van der Waals surface area contributed by atoms with E-state index in [4.69, 9.17) is 11.6 Å². The maximum atomic E-state index is 11.9. The van der Waals surface area contributed by atoms with E-state index in [1.54, 1.807) is 6.07 Å². The van der Waals surface area contributed by atoms with E-state index in [2.05, 4.69) is 10.1 Å². The number of methoxy groups -OCH3 is 1. The van der Waals surface area contributed by atoms with Crippen LogP contribution in [0.15, 0.2) is 24.3 Å². The molecule has 0 aliphatic carbocycles. The smallest absolute Gasteiger partial charge is 0.328 e. The van der Waals surface area contributed by atoms with Gasteiger partial charge in [0.1, 0.15) is 6.04 Å². The summed E-state index contributed by atoms with van der Waals surface area (Å²) in [6, 6.07) is 6.79. The number of rotatable bonds is 6. The van der Waals surface area contributed by atoms with Crippen LogP contribution in [0.5, 0.6) is 0 Å². The van der Waals surface area contributed by atoms with Crippen LogP contribution < -0.4 is 5.32 Å². The summed E-state index contributed by atoms with van der Waals surface area (Å²) in [4.78, 5) is 23.5. The molecule has 1 N–H and O–H groups in total. The van der Waals surface area contributed by atoms with Crippen LogP contribution in [0.1, 0.15) is 25.8 Å². The maximum absolute atomic E-state index is 11.9. The minimum Gasteiger partial charge on any atom is -0.467 e. The van der Waals surface area contributed by atoms with Crippen molar-refractivity contribution in [3.63, 3.8) is 0 Å². The van der Waals surface area contributed by atoms with Gasteiger partial charge in [-0.3, -0.25) is 4.79 Å². The first-order valence-corrected chi connectivity index (χ1v) is 6.94. The summed E-state index contributed by atoms with van der Waals surface area (Å²) in [5.41, 5.74) is 0.920. The third kappa shape index (κ3) is 4.85. The quantitative estimate of drug-likeness (QED) is 0.821. The molecule has 0 aromatic heterocycles. The first-order valence-electron chi connectivity index (χ1n) is 6.56. The van der Waals surface area contributed by atoms with Gasteiger partial charge in [-0.05, 0) is 24.0 Å². The molecule has 0 saturated heterocycles. The number of carbonyl (C=O) groups excluding carboxylic acids is 2. The molecule has 1 aromatic carbocycles. The predicted molar refractivity (Wildman–Crippen MR) is 78.6 cm³/mol. The molecule has 0 heterocycles. The van der Waals surface area contributed by atoms with Crippen LogP contribution in [0.4, 0.5) is 0 Å². The van der Waals surface area contributed by atoms with Gasteiger partial charge in [0.2, 0.25) is 5.91 Å². The molecular weight excluding hydrogens is 278 g/mol. The van der Waals surface area contributed by atoms with E-state index in [-0.39, 0.29) is 18.2 Å². The first kappa shape index (κ1) is 16.5. The van der Waals surface area contributed by atoms with Gasteiger partial charge in [0, 0.05) is 11.4 Å². The normalized spacial score (nSPS) is 12.1. The minimum absolute atomic E-state index is 0.0216. The molecule has 0 aliphatic rings. The third-order valence-electron chi connectivity index (χ3n) is 3.02. The van der Waals surface area contributed by atoms with Crippen molar-refractivity contribution in [3.05, 3.63) is 34.9 Å². The van der Waals surface area contributed by atoms with Gasteiger partial charge in [-0.1, -0.05) is 43.6 Å². The fourth-order valence-electron chi connectivity index (χ4n) is 1.82. The highest BCUT2D eigenvalue weighted by atomic mass is 35.5. The van der Waals surface area contributed by atoms with Crippen LogP contribution in [0.25, 0.3) is 0 Å². The lowest BCUT2D eigenvalue weighted by atomic mass is 10.0. The van der Waals surface area contributed by atoms with Crippen molar-refractivity contribution in [2.75, 3.05) is 7.11 Å². The largest absolute Gasteiger partial charge is 0.467 e. The maximum Gasteiger partial charge on any atom is 0.328 e. The van der Waals surface area contributed by atoms with Crippen molar-refractivity contribution in [1.82, 2.24) is 5.32 Å². The summed E-state index contributed by atoms with van der Waals surface area (Å²) in [7, 11) is 1.31. The first-order chi connectivity index (χ1) is 9.45. The third-order valence-corrected chi connectivity index (χ3v) is 3.39. The molecule has 0 fully saturated rings. The average molecular weight is 298 g/mol. The van der Waals surface area contributed by atoms with Gasteiger partial charge >= 0.3 is 5.97 Å². The number of aryl methyl sites for hydroxylation is 1. The number of esters is 1. The molecule has 1 atom stereocenters. The molecule has 0 aliphatic heterocycles. The number of hydrogen-bond acceptors (Lipinski definition) is 3.